The van der Waals surface area contributed by atoms with E-state index in [1.165, 1.54) is 0 Å². The SMILES string of the molecule is CC1OCNC1C(N)=O. The van der Waals surface area contributed by atoms with Crippen molar-refractivity contribution in [2.45, 2.75) is 19.1 Å². The van der Waals surface area contributed by atoms with Crippen molar-refractivity contribution >= 4 is 5.91 Å². The summed E-state index contributed by atoms with van der Waals surface area (Å²) in [5, 5.41) is 2.81. The molecule has 4 heteroatoms. The van der Waals surface area contributed by atoms with E-state index in [-0.39, 0.29) is 18.1 Å². The van der Waals surface area contributed by atoms with E-state index < -0.39 is 0 Å². The lowest BCUT2D eigenvalue weighted by atomic mass is 10.2. The van der Waals surface area contributed by atoms with E-state index in [4.69, 9.17) is 10.5 Å². The molecule has 52 valence electrons. The largest absolute Gasteiger partial charge is 0.368 e. The standard InChI is InChI=1S/C5H10N2O2/c1-3-4(5(6)8)7-2-9-3/h3-4,7H,2H2,1H3,(H2,6,8). The van der Waals surface area contributed by atoms with Gasteiger partial charge in [0.05, 0.1) is 12.8 Å². The van der Waals surface area contributed by atoms with Crippen molar-refractivity contribution in [1.82, 2.24) is 5.32 Å². The summed E-state index contributed by atoms with van der Waals surface area (Å²) in [7, 11) is 0. The van der Waals surface area contributed by atoms with Crippen molar-refractivity contribution in [3.05, 3.63) is 0 Å². The Kier molecular flexibility index (Phi) is 1.68. The predicted octanol–water partition coefficient (Wildman–Crippen LogP) is -1.19. The number of primary amides is 1. The first-order valence-corrected chi connectivity index (χ1v) is 2.86. The summed E-state index contributed by atoms with van der Waals surface area (Å²) >= 11 is 0. The summed E-state index contributed by atoms with van der Waals surface area (Å²) in [6, 6.07) is -0.301. The van der Waals surface area contributed by atoms with Crippen molar-refractivity contribution < 1.29 is 9.53 Å². The molecule has 1 fully saturated rings. The van der Waals surface area contributed by atoms with Gasteiger partial charge in [-0.25, -0.2) is 0 Å². The molecule has 1 amide bonds. The third kappa shape index (κ3) is 1.20. The molecule has 0 bridgehead atoms. The zero-order valence-electron chi connectivity index (χ0n) is 5.26. The first-order valence-electron chi connectivity index (χ1n) is 2.86. The van der Waals surface area contributed by atoms with Crippen LogP contribution in [0, 0.1) is 0 Å². The molecule has 1 aliphatic heterocycles. The Morgan fingerprint density at radius 2 is 2.56 bits per heavy atom. The first-order chi connectivity index (χ1) is 4.22. The molecule has 1 rings (SSSR count). The van der Waals surface area contributed by atoms with Crippen molar-refractivity contribution in [2.24, 2.45) is 5.73 Å². The number of hydrogen-bond acceptors (Lipinski definition) is 3. The molecule has 0 aromatic heterocycles. The summed E-state index contributed by atoms with van der Waals surface area (Å²) in [6.07, 6.45) is -0.0810. The third-order valence-corrected chi connectivity index (χ3v) is 1.43. The molecule has 3 N–H and O–H groups in total. The highest BCUT2D eigenvalue weighted by atomic mass is 16.5. The van der Waals surface area contributed by atoms with Gasteiger partial charge in [-0.05, 0) is 6.92 Å². The van der Waals surface area contributed by atoms with Crippen molar-refractivity contribution in [3.63, 3.8) is 0 Å². The minimum Gasteiger partial charge on any atom is -0.368 e. The normalized spacial score (nSPS) is 34.8. The molecule has 1 saturated heterocycles. The number of rotatable bonds is 1. The van der Waals surface area contributed by atoms with Crippen molar-refractivity contribution in [3.8, 4) is 0 Å². The predicted molar refractivity (Wildman–Crippen MR) is 31.5 cm³/mol. The van der Waals surface area contributed by atoms with Gasteiger partial charge in [0.25, 0.3) is 0 Å². The highest BCUT2D eigenvalue weighted by Gasteiger charge is 2.27. The lowest BCUT2D eigenvalue weighted by Gasteiger charge is -2.07. The maximum atomic E-state index is 10.5. The van der Waals surface area contributed by atoms with Crippen LogP contribution in [0.4, 0.5) is 0 Å². The molecule has 0 radical (unpaired) electrons. The molecule has 2 unspecified atom stereocenters. The lowest BCUT2D eigenvalue weighted by Crippen LogP contribution is -2.41. The van der Waals surface area contributed by atoms with Gasteiger partial charge in [0, 0.05) is 0 Å². The Morgan fingerprint density at radius 3 is 2.78 bits per heavy atom. The van der Waals surface area contributed by atoms with Crippen LogP contribution < -0.4 is 11.1 Å². The Bertz CT molecular complexity index is 126. The Balaban J connectivity index is 2.49. The fourth-order valence-electron chi connectivity index (χ4n) is 0.863. The molecule has 2 atom stereocenters. The van der Waals surface area contributed by atoms with Crippen LogP contribution in [-0.2, 0) is 9.53 Å². The van der Waals surface area contributed by atoms with Crippen LogP contribution in [0.2, 0.25) is 0 Å². The fourth-order valence-corrected chi connectivity index (χ4v) is 0.863. The van der Waals surface area contributed by atoms with E-state index in [1.54, 1.807) is 0 Å². The van der Waals surface area contributed by atoms with Crippen LogP contribution in [0.5, 0.6) is 0 Å². The van der Waals surface area contributed by atoms with E-state index in [0.29, 0.717) is 6.73 Å². The average Bonchev–Trinajstić information content (AvgIpc) is 2.13. The zero-order valence-corrected chi connectivity index (χ0v) is 5.26. The smallest absolute Gasteiger partial charge is 0.237 e. The second kappa shape index (κ2) is 2.33. The third-order valence-electron chi connectivity index (χ3n) is 1.43. The lowest BCUT2D eigenvalue weighted by molar-refractivity contribution is -0.120. The highest BCUT2D eigenvalue weighted by molar-refractivity contribution is 5.80. The summed E-state index contributed by atoms with van der Waals surface area (Å²) in [5.41, 5.74) is 5.01. The maximum absolute atomic E-state index is 10.5. The van der Waals surface area contributed by atoms with E-state index in [2.05, 4.69) is 5.32 Å². The summed E-state index contributed by atoms with van der Waals surface area (Å²) in [5.74, 6) is -0.347. The van der Waals surface area contributed by atoms with E-state index >= 15 is 0 Å². The number of amides is 1. The van der Waals surface area contributed by atoms with Crippen LogP contribution in [0.3, 0.4) is 0 Å². The number of hydrogen-bond donors (Lipinski definition) is 2. The van der Waals surface area contributed by atoms with Crippen molar-refractivity contribution in [1.29, 1.82) is 0 Å². The van der Waals surface area contributed by atoms with Crippen LogP contribution in [0.25, 0.3) is 0 Å². The van der Waals surface area contributed by atoms with Gasteiger partial charge in [-0.3, -0.25) is 10.1 Å². The first kappa shape index (κ1) is 6.51. The van der Waals surface area contributed by atoms with Gasteiger partial charge in [-0.15, -0.1) is 0 Å². The average molecular weight is 130 g/mol. The van der Waals surface area contributed by atoms with Gasteiger partial charge >= 0.3 is 0 Å². The fraction of sp³-hybridized carbons (Fsp3) is 0.800. The van der Waals surface area contributed by atoms with Gasteiger partial charge in [0.1, 0.15) is 6.04 Å². The second-order valence-electron chi connectivity index (χ2n) is 2.10. The molecular weight excluding hydrogens is 120 g/mol. The van der Waals surface area contributed by atoms with E-state index in [0.717, 1.165) is 0 Å². The minimum absolute atomic E-state index is 0.0810. The second-order valence-corrected chi connectivity index (χ2v) is 2.10. The molecule has 0 aliphatic carbocycles. The van der Waals surface area contributed by atoms with Crippen LogP contribution in [0.15, 0.2) is 0 Å². The Morgan fingerprint density at radius 1 is 1.89 bits per heavy atom. The molecule has 0 aromatic rings. The zero-order chi connectivity index (χ0) is 6.85. The van der Waals surface area contributed by atoms with E-state index in [9.17, 15) is 4.79 Å². The van der Waals surface area contributed by atoms with Crippen LogP contribution in [-0.4, -0.2) is 24.8 Å². The minimum atomic E-state index is -0.347. The van der Waals surface area contributed by atoms with Crippen molar-refractivity contribution in [2.75, 3.05) is 6.73 Å². The molecule has 0 spiro atoms. The van der Waals surface area contributed by atoms with Crippen LogP contribution >= 0.6 is 0 Å². The monoisotopic (exact) mass is 130 g/mol. The topological polar surface area (TPSA) is 64.3 Å². The molecule has 9 heavy (non-hydrogen) atoms. The summed E-state index contributed by atoms with van der Waals surface area (Å²) < 4.78 is 5.01. The van der Waals surface area contributed by atoms with Gasteiger partial charge in [0.15, 0.2) is 0 Å². The Labute approximate surface area is 53.4 Å². The summed E-state index contributed by atoms with van der Waals surface area (Å²) in [6.45, 7) is 2.24. The summed E-state index contributed by atoms with van der Waals surface area (Å²) in [4.78, 5) is 10.5. The molecule has 0 aromatic carbocycles. The number of nitrogens with two attached hydrogens (primary N) is 1. The quantitative estimate of drug-likeness (QED) is 0.469. The van der Waals surface area contributed by atoms with Crippen LogP contribution in [0.1, 0.15) is 6.92 Å². The van der Waals surface area contributed by atoms with Gasteiger partial charge in [-0.2, -0.15) is 0 Å². The number of nitrogens with one attached hydrogen (secondary N) is 1. The Hall–Kier alpha value is -0.610. The molecule has 0 saturated carbocycles. The van der Waals surface area contributed by atoms with Gasteiger partial charge < -0.3 is 10.5 Å². The highest BCUT2D eigenvalue weighted by Crippen LogP contribution is 2.03. The number of carbonyl (C=O) groups excluding carboxylic acids is 1. The molecule has 4 nitrogen and oxygen atoms in total. The molecule has 1 heterocycles. The van der Waals surface area contributed by atoms with Gasteiger partial charge in [0.2, 0.25) is 5.91 Å². The van der Waals surface area contributed by atoms with Gasteiger partial charge in [-0.1, -0.05) is 0 Å². The molecule has 1 aliphatic rings. The number of carbonyl (C=O) groups is 1. The number of ether oxygens (including phenoxy) is 1. The molecular formula is C5H10N2O2. The van der Waals surface area contributed by atoms with E-state index in [1.807, 2.05) is 6.92 Å². The maximum Gasteiger partial charge on any atom is 0.237 e.